The molecular formula is C17H27ClN6O. The van der Waals surface area contributed by atoms with Crippen LogP contribution in [0.4, 0.5) is 0 Å². The number of piperidine rings is 1. The lowest BCUT2D eigenvalue weighted by Gasteiger charge is -2.34. The van der Waals surface area contributed by atoms with E-state index >= 15 is 0 Å². The van der Waals surface area contributed by atoms with E-state index in [4.69, 9.17) is 0 Å². The molecule has 7 nitrogen and oxygen atoms in total. The smallest absolute Gasteiger partial charge is 0.269 e. The summed E-state index contributed by atoms with van der Waals surface area (Å²) >= 11 is 0. The minimum Gasteiger partial charge on any atom is -0.350 e. The van der Waals surface area contributed by atoms with Gasteiger partial charge < -0.3 is 10.6 Å². The van der Waals surface area contributed by atoms with Crippen LogP contribution in [0.1, 0.15) is 41.6 Å². The van der Waals surface area contributed by atoms with Crippen molar-refractivity contribution in [1.82, 2.24) is 30.6 Å². The standard InChI is InChI=1S/C17H26N6O.ClH/c1-11-15(12(2)23(4)22-11)13-9-14(21-20-13)16(24)19-10-17(3)5-7-18-8-6-17;/h9,18H,5-8,10H2,1-4H3,(H,19,24)(H,20,21);1H. The van der Waals surface area contributed by atoms with Crippen LogP contribution in [-0.2, 0) is 7.05 Å². The van der Waals surface area contributed by atoms with Gasteiger partial charge in [0.05, 0.1) is 11.4 Å². The molecule has 1 saturated heterocycles. The number of nitrogens with zero attached hydrogens (tertiary/aromatic N) is 3. The van der Waals surface area contributed by atoms with Crippen LogP contribution in [-0.4, -0.2) is 45.5 Å². The maximum absolute atomic E-state index is 12.4. The summed E-state index contributed by atoms with van der Waals surface area (Å²) in [7, 11) is 1.91. The Bertz CT molecular complexity index is 744. The van der Waals surface area contributed by atoms with E-state index in [9.17, 15) is 4.79 Å². The number of aryl methyl sites for hydroxylation is 2. The number of carbonyl (C=O) groups is 1. The first kappa shape index (κ1) is 19.5. The number of aromatic amines is 1. The van der Waals surface area contributed by atoms with Crippen LogP contribution < -0.4 is 10.6 Å². The summed E-state index contributed by atoms with van der Waals surface area (Å²) in [5.41, 5.74) is 4.35. The number of H-pyrrole nitrogens is 1. The van der Waals surface area contributed by atoms with E-state index in [0.29, 0.717) is 12.2 Å². The van der Waals surface area contributed by atoms with Gasteiger partial charge in [0.1, 0.15) is 5.69 Å². The van der Waals surface area contributed by atoms with Gasteiger partial charge in [0.25, 0.3) is 5.91 Å². The van der Waals surface area contributed by atoms with Crippen molar-refractivity contribution < 1.29 is 4.79 Å². The first-order chi connectivity index (χ1) is 11.4. The molecule has 3 heterocycles. The zero-order chi connectivity index (χ0) is 17.3. The highest BCUT2D eigenvalue weighted by atomic mass is 35.5. The zero-order valence-electron chi connectivity index (χ0n) is 15.3. The largest absolute Gasteiger partial charge is 0.350 e. The Hall–Kier alpha value is -1.86. The predicted octanol–water partition coefficient (Wildman–Crippen LogP) is 1.97. The number of rotatable bonds is 4. The molecule has 0 aliphatic carbocycles. The summed E-state index contributed by atoms with van der Waals surface area (Å²) in [6.45, 7) is 8.90. The molecule has 3 N–H and O–H groups in total. The van der Waals surface area contributed by atoms with Crippen molar-refractivity contribution in [2.24, 2.45) is 12.5 Å². The fraction of sp³-hybridized carbons (Fsp3) is 0.588. The third-order valence-electron chi connectivity index (χ3n) is 5.07. The Labute approximate surface area is 154 Å². The van der Waals surface area contributed by atoms with E-state index in [2.05, 4.69) is 32.9 Å². The SMILES string of the molecule is Cc1nn(C)c(C)c1-c1cc(C(=O)NCC2(C)CCNCC2)[nH]n1.Cl. The van der Waals surface area contributed by atoms with Crippen molar-refractivity contribution in [3.8, 4) is 11.3 Å². The molecule has 1 aliphatic heterocycles. The summed E-state index contributed by atoms with van der Waals surface area (Å²) in [4.78, 5) is 12.4. The monoisotopic (exact) mass is 366 g/mol. The fourth-order valence-corrected chi connectivity index (χ4v) is 3.31. The summed E-state index contributed by atoms with van der Waals surface area (Å²) in [5, 5.41) is 18.0. The Kier molecular flexibility index (Phi) is 5.90. The highest BCUT2D eigenvalue weighted by molar-refractivity contribution is 5.93. The average Bonchev–Trinajstić information content (AvgIpc) is 3.11. The third kappa shape index (κ3) is 4.04. The molecule has 3 rings (SSSR count). The van der Waals surface area contributed by atoms with Crippen LogP contribution in [0, 0.1) is 19.3 Å². The van der Waals surface area contributed by atoms with Gasteiger partial charge in [-0.25, -0.2) is 0 Å². The highest BCUT2D eigenvalue weighted by Crippen LogP contribution is 2.27. The molecule has 0 saturated carbocycles. The molecule has 0 unspecified atom stereocenters. The minimum absolute atomic E-state index is 0. The van der Waals surface area contributed by atoms with E-state index < -0.39 is 0 Å². The molecule has 0 spiro atoms. The molecule has 138 valence electrons. The topological polar surface area (TPSA) is 87.6 Å². The van der Waals surface area contributed by atoms with Gasteiger partial charge in [0, 0.05) is 24.8 Å². The van der Waals surface area contributed by atoms with Crippen molar-refractivity contribution in [3.63, 3.8) is 0 Å². The number of hydrogen-bond acceptors (Lipinski definition) is 4. The third-order valence-corrected chi connectivity index (χ3v) is 5.07. The van der Waals surface area contributed by atoms with E-state index in [1.54, 1.807) is 6.07 Å². The molecule has 0 bridgehead atoms. The molecule has 1 aliphatic rings. The Morgan fingerprint density at radius 1 is 1.36 bits per heavy atom. The zero-order valence-corrected chi connectivity index (χ0v) is 16.1. The van der Waals surface area contributed by atoms with Gasteiger partial charge in [-0.15, -0.1) is 12.4 Å². The van der Waals surface area contributed by atoms with Crippen LogP contribution >= 0.6 is 12.4 Å². The van der Waals surface area contributed by atoms with Crippen LogP contribution in [0.5, 0.6) is 0 Å². The van der Waals surface area contributed by atoms with Crippen LogP contribution in [0.25, 0.3) is 11.3 Å². The van der Waals surface area contributed by atoms with E-state index in [0.717, 1.165) is 48.6 Å². The van der Waals surface area contributed by atoms with Crippen LogP contribution in [0.3, 0.4) is 0 Å². The van der Waals surface area contributed by atoms with Crippen molar-refractivity contribution >= 4 is 18.3 Å². The average molecular weight is 367 g/mol. The van der Waals surface area contributed by atoms with E-state index in [-0.39, 0.29) is 23.7 Å². The second kappa shape index (κ2) is 7.58. The summed E-state index contributed by atoms with van der Waals surface area (Å²) in [5.74, 6) is -0.104. The molecule has 0 radical (unpaired) electrons. The van der Waals surface area contributed by atoms with Crippen molar-refractivity contribution in [2.45, 2.75) is 33.6 Å². The Morgan fingerprint density at radius 2 is 2.04 bits per heavy atom. The number of amides is 1. The molecule has 8 heteroatoms. The molecule has 1 amide bonds. The number of nitrogens with one attached hydrogen (secondary N) is 3. The van der Waals surface area contributed by atoms with Gasteiger partial charge in [-0.1, -0.05) is 6.92 Å². The number of carbonyl (C=O) groups excluding carboxylic acids is 1. The second-order valence-electron chi connectivity index (χ2n) is 7.08. The molecule has 0 aromatic carbocycles. The fourth-order valence-electron chi connectivity index (χ4n) is 3.31. The summed E-state index contributed by atoms with van der Waals surface area (Å²) in [6, 6.07) is 1.80. The molecule has 2 aromatic rings. The predicted molar refractivity (Wildman–Crippen MR) is 100 cm³/mol. The first-order valence-corrected chi connectivity index (χ1v) is 8.44. The first-order valence-electron chi connectivity index (χ1n) is 8.44. The van der Waals surface area contributed by atoms with Crippen LogP contribution in [0.15, 0.2) is 6.07 Å². The highest BCUT2D eigenvalue weighted by Gasteiger charge is 2.27. The molecular weight excluding hydrogens is 340 g/mol. The summed E-state index contributed by atoms with van der Waals surface area (Å²) in [6.07, 6.45) is 2.16. The van der Waals surface area contributed by atoms with Gasteiger partial charge in [-0.05, 0) is 51.3 Å². The lowest BCUT2D eigenvalue weighted by molar-refractivity contribution is 0.0917. The number of hydrogen-bond donors (Lipinski definition) is 3. The van der Waals surface area contributed by atoms with Gasteiger partial charge in [0.15, 0.2) is 0 Å². The minimum atomic E-state index is -0.104. The molecule has 2 aromatic heterocycles. The maximum atomic E-state index is 12.4. The second-order valence-corrected chi connectivity index (χ2v) is 7.08. The normalized spacial score (nSPS) is 16.3. The quantitative estimate of drug-likeness (QED) is 0.772. The molecule has 0 atom stereocenters. The van der Waals surface area contributed by atoms with Gasteiger partial charge in [-0.3, -0.25) is 14.6 Å². The lowest BCUT2D eigenvalue weighted by Crippen LogP contribution is -2.42. The Balaban J connectivity index is 0.00000225. The van der Waals surface area contributed by atoms with Crippen LogP contribution in [0.2, 0.25) is 0 Å². The Morgan fingerprint density at radius 3 is 2.64 bits per heavy atom. The van der Waals surface area contributed by atoms with Gasteiger partial charge in [-0.2, -0.15) is 10.2 Å². The van der Waals surface area contributed by atoms with Crippen molar-refractivity contribution in [2.75, 3.05) is 19.6 Å². The number of halogens is 1. The van der Waals surface area contributed by atoms with Gasteiger partial charge in [0.2, 0.25) is 0 Å². The number of aromatic nitrogens is 4. The lowest BCUT2D eigenvalue weighted by atomic mass is 9.81. The van der Waals surface area contributed by atoms with Crippen molar-refractivity contribution in [1.29, 1.82) is 0 Å². The molecule has 1 fully saturated rings. The van der Waals surface area contributed by atoms with E-state index in [1.165, 1.54) is 0 Å². The summed E-state index contributed by atoms with van der Waals surface area (Å²) < 4.78 is 1.83. The maximum Gasteiger partial charge on any atom is 0.269 e. The van der Waals surface area contributed by atoms with Gasteiger partial charge >= 0.3 is 0 Å². The molecule has 25 heavy (non-hydrogen) atoms. The van der Waals surface area contributed by atoms with E-state index in [1.807, 2.05) is 25.6 Å². The van der Waals surface area contributed by atoms with Crippen molar-refractivity contribution in [3.05, 3.63) is 23.1 Å².